The molecule has 27 heavy (non-hydrogen) atoms. The molecule has 2 rings (SSSR count). The Morgan fingerprint density at radius 1 is 1.33 bits per heavy atom. The number of nitrogens with one attached hydrogen (secondary N) is 1. The number of nitrogens with zero attached hydrogens (tertiary/aromatic N) is 1. The first-order chi connectivity index (χ1) is 12.9. The van der Waals surface area contributed by atoms with Crippen LogP contribution in [0.15, 0.2) is 47.4 Å². The molecule has 1 atom stereocenters. The number of hydrogen-bond donors (Lipinski definition) is 1. The Bertz CT molecular complexity index is 790. The van der Waals surface area contributed by atoms with E-state index in [2.05, 4.69) is 5.32 Å². The molecule has 1 fully saturated rings. The number of carboxylic acids is 1. The van der Waals surface area contributed by atoms with Crippen molar-refractivity contribution in [1.82, 2.24) is 10.2 Å². The van der Waals surface area contributed by atoms with Crippen LogP contribution in [0.25, 0.3) is 6.08 Å². The van der Waals surface area contributed by atoms with Crippen LogP contribution in [0.1, 0.15) is 25.3 Å². The molecule has 1 aliphatic heterocycles. The highest BCUT2D eigenvalue weighted by molar-refractivity contribution is 8.26. The van der Waals surface area contributed by atoms with Gasteiger partial charge in [-0.1, -0.05) is 73.4 Å². The van der Waals surface area contributed by atoms with Crippen LogP contribution >= 0.6 is 24.0 Å². The third-order valence-electron chi connectivity index (χ3n) is 3.80. The number of benzene rings is 1. The van der Waals surface area contributed by atoms with Crippen LogP contribution in [0.3, 0.4) is 0 Å². The molecule has 8 heteroatoms. The summed E-state index contributed by atoms with van der Waals surface area (Å²) in [5.74, 6) is -2.06. The number of rotatable bonds is 8. The average molecular weight is 404 g/mol. The maximum atomic E-state index is 12.4. The fraction of sp³-hybridized carbons (Fsp3) is 0.263. The molecule has 0 spiro atoms. The zero-order valence-electron chi connectivity index (χ0n) is 14.7. The number of aliphatic carboxylic acids is 1. The van der Waals surface area contributed by atoms with E-state index in [-0.39, 0.29) is 25.3 Å². The quantitative estimate of drug-likeness (QED) is 0.522. The summed E-state index contributed by atoms with van der Waals surface area (Å²) >= 11 is 6.38. The molecule has 1 aromatic carbocycles. The highest BCUT2D eigenvalue weighted by Gasteiger charge is 2.31. The summed E-state index contributed by atoms with van der Waals surface area (Å²) in [5.41, 5.74) is 1.01. The largest absolute Gasteiger partial charge is 0.548 e. The maximum Gasteiger partial charge on any atom is 0.266 e. The smallest absolute Gasteiger partial charge is 0.266 e. The van der Waals surface area contributed by atoms with Gasteiger partial charge in [0.1, 0.15) is 4.32 Å². The van der Waals surface area contributed by atoms with Gasteiger partial charge in [-0.3, -0.25) is 14.5 Å². The van der Waals surface area contributed by atoms with Crippen molar-refractivity contribution in [1.29, 1.82) is 0 Å². The van der Waals surface area contributed by atoms with Crippen molar-refractivity contribution >= 4 is 52.2 Å². The molecule has 1 aromatic rings. The summed E-state index contributed by atoms with van der Waals surface area (Å²) in [7, 11) is 0. The van der Waals surface area contributed by atoms with Crippen molar-refractivity contribution in [3.63, 3.8) is 0 Å². The normalized spacial score (nSPS) is 16.9. The minimum atomic E-state index is -1.33. The van der Waals surface area contributed by atoms with Gasteiger partial charge >= 0.3 is 0 Å². The standard InChI is InChI=1S/C19H20N2O4S2/c1-2-14(18(24)25)20-16(22)11-12-21-17(23)15(27-19(21)26)10-6-9-13-7-4-3-5-8-13/h3-10,14H,2,11-12H2,1H3,(H,20,22)(H,24,25)/p-1/b9-6+,15-10+/t14-/m0/s1. The van der Waals surface area contributed by atoms with Gasteiger partial charge in [-0.15, -0.1) is 0 Å². The average Bonchev–Trinajstić information content (AvgIpc) is 2.92. The molecule has 0 unspecified atom stereocenters. The molecule has 0 aromatic heterocycles. The number of carbonyl (C=O) groups is 3. The molecule has 142 valence electrons. The minimum absolute atomic E-state index is 0.0383. The number of hydrogen-bond acceptors (Lipinski definition) is 6. The molecule has 2 amide bonds. The van der Waals surface area contributed by atoms with Gasteiger partial charge in [-0.2, -0.15) is 0 Å². The highest BCUT2D eigenvalue weighted by Crippen LogP contribution is 2.31. The van der Waals surface area contributed by atoms with E-state index in [1.165, 1.54) is 16.7 Å². The SMILES string of the molecule is CC[C@H](NC(=O)CCN1C(=O)/C(=C\C=C\c2ccccc2)SC1=S)C(=O)[O-]. The minimum Gasteiger partial charge on any atom is -0.548 e. The second-order valence-electron chi connectivity index (χ2n) is 5.72. The van der Waals surface area contributed by atoms with Gasteiger partial charge in [0.15, 0.2) is 0 Å². The fourth-order valence-corrected chi connectivity index (χ4v) is 3.59. The fourth-order valence-electron chi connectivity index (χ4n) is 2.33. The summed E-state index contributed by atoms with van der Waals surface area (Å²) in [6.45, 7) is 1.73. The molecule has 0 saturated carbocycles. The van der Waals surface area contributed by atoms with Gasteiger partial charge in [0, 0.05) is 13.0 Å². The summed E-state index contributed by atoms with van der Waals surface area (Å²) < 4.78 is 0.374. The number of thioether (sulfide) groups is 1. The number of carboxylic acid groups (broad SMARTS) is 1. The van der Waals surface area contributed by atoms with Crippen LogP contribution in [-0.4, -0.2) is 39.6 Å². The second kappa shape index (κ2) is 10.0. The van der Waals surface area contributed by atoms with E-state index < -0.39 is 17.9 Å². The Kier molecular flexibility index (Phi) is 7.75. The monoisotopic (exact) mass is 403 g/mol. The third kappa shape index (κ3) is 6.04. The van der Waals surface area contributed by atoms with Crippen LogP contribution in [0, 0.1) is 0 Å². The molecule has 1 saturated heterocycles. The van der Waals surface area contributed by atoms with Crippen molar-refractivity contribution in [2.75, 3.05) is 6.54 Å². The Morgan fingerprint density at radius 2 is 2.04 bits per heavy atom. The van der Waals surface area contributed by atoms with Crippen LogP contribution < -0.4 is 10.4 Å². The molecule has 1 N–H and O–H groups in total. The molecular weight excluding hydrogens is 384 g/mol. The van der Waals surface area contributed by atoms with Crippen molar-refractivity contribution in [3.05, 3.63) is 53.0 Å². The second-order valence-corrected chi connectivity index (χ2v) is 7.40. The molecule has 0 radical (unpaired) electrons. The van der Waals surface area contributed by atoms with Gasteiger partial charge < -0.3 is 15.2 Å². The summed E-state index contributed by atoms with van der Waals surface area (Å²) in [4.78, 5) is 37.0. The van der Waals surface area contributed by atoms with E-state index in [9.17, 15) is 19.5 Å². The van der Waals surface area contributed by atoms with E-state index in [0.29, 0.717) is 9.23 Å². The number of carbonyl (C=O) groups excluding carboxylic acids is 3. The first kappa shape index (κ1) is 20.9. The van der Waals surface area contributed by atoms with E-state index in [1.54, 1.807) is 19.1 Å². The predicted molar refractivity (Wildman–Crippen MR) is 107 cm³/mol. The van der Waals surface area contributed by atoms with Gasteiger partial charge in [0.2, 0.25) is 5.91 Å². The van der Waals surface area contributed by atoms with Crippen molar-refractivity contribution in [2.45, 2.75) is 25.8 Å². The van der Waals surface area contributed by atoms with Crippen molar-refractivity contribution < 1.29 is 19.5 Å². The summed E-state index contributed by atoms with van der Waals surface area (Å²) in [6, 6.07) is 8.64. The molecule has 0 bridgehead atoms. The maximum absolute atomic E-state index is 12.4. The number of amides is 2. The van der Waals surface area contributed by atoms with E-state index >= 15 is 0 Å². The lowest BCUT2D eigenvalue weighted by Crippen LogP contribution is -2.48. The molecule has 6 nitrogen and oxygen atoms in total. The van der Waals surface area contributed by atoms with Gasteiger partial charge in [-0.25, -0.2) is 0 Å². The first-order valence-electron chi connectivity index (χ1n) is 8.39. The lowest BCUT2D eigenvalue weighted by Gasteiger charge is -2.19. The van der Waals surface area contributed by atoms with Gasteiger partial charge in [0.05, 0.1) is 16.9 Å². The van der Waals surface area contributed by atoms with E-state index in [0.717, 1.165) is 5.56 Å². The molecular formula is C19H19N2O4S2-. The zero-order valence-corrected chi connectivity index (χ0v) is 16.3. The predicted octanol–water partition coefficient (Wildman–Crippen LogP) is 1.48. The van der Waals surface area contributed by atoms with Crippen LogP contribution in [-0.2, 0) is 14.4 Å². The Labute approximate surface area is 167 Å². The lowest BCUT2D eigenvalue weighted by molar-refractivity contribution is -0.308. The Morgan fingerprint density at radius 3 is 2.67 bits per heavy atom. The van der Waals surface area contributed by atoms with Gasteiger partial charge in [0.25, 0.3) is 5.91 Å². The van der Waals surface area contributed by atoms with Crippen molar-refractivity contribution in [2.24, 2.45) is 0 Å². The van der Waals surface area contributed by atoms with E-state index in [4.69, 9.17) is 12.2 Å². The van der Waals surface area contributed by atoms with E-state index in [1.807, 2.05) is 36.4 Å². The molecule has 1 aliphatic rings. The lowest BCUT2D eigenvalue weighted by atomic mass is 10.2. The van der Waals surface area contributed by atoms with Crippen LogP contribution in [0.4, 0.5) is 0 Å². The topological polar surface area (TPSA) is 89.5 Å². The Balaban J connectivity index is 1.91. The van der Waals surface area contributed by atoms with Crippen LogP contribution in [0.2, 0.25) is 0 Å². The summed E-state index contributed by atoms with van der Waals surface area (Å²) in [5, 5.41) is 13.2. The summed E-state index contributed by atoms with van der Waals surface area (Å²) in [6.07, 6.45) is 5.54. The first-order valence-corrected chi connectivity index (χ1v) is 9.62. The van der Waals surface area contributed by atoms with Crippen LogP contribution in [0.5, 0.6) is 0 Å². The van der Waals surface area contributed by atoms with Crippen molar-refractivity contribution in [3.8, 4) is 0 Å². The number of thiocarbonyl (C=S) groups is 1. The Hall–Kier alpha value is -2.45. The van der Waals surface area contributed by atoms with Gasteiger partial charge in [-0.05, 0) is 18.1 Å². The number of allylic oxidation sites excluding steroid dienone is 2. The third-order valence-corrected chi connectivity index (χ3v) is 5.20. The molecule has 1 heterocycles. The zero-order chi connectivity index (χ0) is 19.8. The highest BCUT2D eigenvalue weighted by atomic mass is 32.2. The molecule has 0 aliphatic carbocycles.